The predicted octanol–water partition coefficient (Wildman–Crippen LogP) is 1.21. The highest BCUT2D eigenvalue weighted by atomic mass is 32.1. The maximum absolute atomic E-state index is 5.71. The molecule has 0 aliphatic heterocycles. The number of aromatic nitrogens is 1. The molecule has 0 aliphatic rings. The molecule has 2 N–H and O–H groups in total. The van der Waals surface area contributed by atoms with Crippen LogP contribution in [0.3, 0.4) is 0 Å². The van der Waals surface area contributed by atoms with E-state index in [0.29, 0.717) is 24.8 Å². The quantitative estimate of drug-likeness (QED) is 0.797. The zero-order valence-corrected chi connectivity index (χ0v) is 10.1. The van der Waals surface area contributed by atoms with Crippen molar-refractivity contribution in [3.05, 3.63) is 0 Å². The van der Waals surface area contributed by atoms with Crippen LogP contribution >= 0.6 is 11.5 Å². The highest BCUT2D eigenvalue weighted by Crippen LogP contribution is 2.37. The summed E-state index contributed by atoms with van der Waals surface area (Å²) in [7, 11) is 3.65. The van der Waals surface area contributed by atoms with Gasteiger partial charge in [0.1, 0.15) is 0 Å². The first-order chi connectivity index (χ1) is 7.20. The number of hydrogen-bond acceptors (Lipinski definition) is 6. The molecular formula is C9H17N3O2S. The second-order valence-corrected chi connectivity index (χ2v) is 3.80. The molecule has 0 aliphatic carbocycles. The standard InChI is InChI=1S/C9H17N3O2S/c1-4-14-7-8(10)11-15-9(7)12(2)5-6-13-3/h4-6H2,1-3H3,(H2,10,11). The van der Waals surface area contributed by atoms with E-state index in [1.54, 1.807) is 7.11 Å². The van der Waals surface area contributed by atoms with Crippen molar-refractivity contribution < 1.29 is 9.47 Å². The van der Waals surface area contributed by atoms with Gasteiger partial charge in [0.05, 0.1) is 13.2 Å². The van der Waals surface area contributed by atoms with Gasteiger partial charge in [-0.1, -0.05) is 0 Å². The zero-order chi connectivity index (χ0) is 11.3. The monoisotopic (exact) mass is 231 g/mol. The van der Waals surface area contributed by atoms with Crippen molar-refractivity contribution in [3.8, 4) is 5.75 Å². The molecule has 0 aromatic carbocycles. The van der Waals surface area contributed by atoms with Gasteiger partial charge in [-0.3, -0.25) is 0 Å². The van der Waals surface area contributed by atoms with Crippen LogP contribution < -0.4 is 15.4 Å². The average molecular weight is 231 g/mol. The van der Waals surface area contributed by atoms with Gasteiger partial charge < -0.3 is 20.1 Å². The summed E-state index contributed by atoms with van der Waals surface area (Å²) in [6.45, 7) is 3.97. The van der Waals surface area contributed by atoms with Crippen LogP contribution in [0.1, 0.15) is 6.92 Å². The topological polar surface area (TPSA) is 60.6 Å². The maximum Gasteiger partial charge on any atom is 0.197 e. The summed E-state index contributed by atoms with van der Waals surface area (Å²) >= 11 is 1.35. The van der Waals surface area contributed by atoms with Crippen molar-refractivity contribution in [2.45, 2.75) is 6.92 Å². The first kappa shape index (κ1) is 12.1. The molecule has 0 saturated carbocycles. The third kappa shape index (κ3) is 2.97. The lowest BCUT2D eigenvalue weighted by Gasteiger charge is -2.17. The van der Waals surface area contributed by atoms with E-state index in [1.165, 1.54) is 11.5 Å². The molecule has 0 amide bonds. The molecule has 0 unspecified atom stereocenters. The van der Waals surface area contributed by atoms with Gasteiger partial charge in [0.15, 0.2) is 16.6 Å². The molecule has 0 radical (unpaired) electrons. The van der Waals surface area contributed by atoms with Gasteiger partial charge in [-0.2, -0.15) is 4.37 Å². The highest BCUT2D eigenvalue weighted by Gasteiger charge is 2.15. The Morgan fingerprint density at radius 2 is 2.27 bits per heavy atom. The van der Waals surface area contributed by atoms with Crippen molar-refractivity contribution in [1.82, 2.24) is 4.37 Å². The number of nitrogens with two attached hydrogens (primary N) is 1. The van der Waals surface area contributed by atoms with Gasteiger partial charge in [0, 0.05) is 20.7 Å². The Morgan fingerprint density at radius 1 is 1.53 bits per heavy atom. The number of likely N-dealkylation sites (N-methyl/N-ethyl adjacent to an activating group) is 1. The number of nitrogens with zero attached hydrogens (tertiary/aromatic N) is 2. The third-order valence-electron chi connectivity index (χ3n) is 1.92. The summed E-state index contributed by atoms with van der Waals surface area (Å²) in [4.78, 5) is 2.03. The molecule has 0 spiro atoms. The number of anilines is 2. The molecule has 1 aromatic rings. The second kappa shape index (κ2) is 5.77. The third-order valence-corrected chi connectivity index (χ3v) is 2.88. The van der Waals surface area contributed by atoms with Gasteiger partial charge in [-0.05, 0) is 18.5 Å². The Balaban J connectivity index is 2.74. The van der Waals surface area contributed by atoms with E-state index in [2.05, 4.69) is 4.37 Å². The molecule has 0 saturated heterocycles. The molecule has 5 nitrogen and oxygen atoms in total. The van der Waals surface area contributed by atoms with E-state index in [0.717, 1.165) is 11.5 Å². The molecule has 1 heterocycles. The van der Waals surface area contributed by atoms with E-state index in [9.17, 15) is 0 Å². The highest BCUT2D eigenvalue weighted by molar-refractivity contribution is 7.11. The Bertz CT molecular complexity index is 304. The smallest absolute Gasteiger partial charge is 0.197 e. The van der Waals surface area contributed by atoms with E-state index >= 15 is 0 Å². The van der Waals surface area contributed by atoms with E-state index in [4.69, 9.17) is 15.2 Å². The van der Waals surface area contributed by atoms with Gasteiger partial charge in [-0.25, -0.2) is 0 Å². The molecule has 86 valence electrons. The Labute approximate surface area is 93.9 Å². The minimum absolute atomic E-state index is 0.459. The van der Waals surface area contributed by atoms with Crippen molar-refractivity contribution in [1.29, 1.82) is 0 Å². The molecule has 15 heavy (non-hydrogen) atoms. The Hall–Kier alpha value is -1.01. The fourth-order valence-electron chi connectivity index (χ4n) is 1.14. The number of nitrogen functional groups attached to an aromatic ring is 1. The first-order valence-corrected chi connectivity index (χ1v) is 5.56. The van der Waals surface area contributed by atoms with Gasteiger partial charge in [0.2, 0.25) is 0 Å². The first-order valence-electron chi connectivity index (χ1n) is 4.78. The number of hydrogen-bond donors (Lipinski definition) is 1. The maximum atomic E-state index is 5.71. The van der Waals surface area contributed by atoms with Crippen LogP contribution in [0.2, 0.25) is 0 Å². The normalized spacial score (nSPS) is 10.3. The predicted molar refractivity (Wildman–Crippen MR) is 62.8 cm³/mol. The lowest BCUT2D eigenvalue weighted by atomic mass is 10.5. The molecule has 1 rings (SSSR count). The SMILES string of the molecule is CCOc1c(N)nsc1N(C)CCOC. The summed E-state index contributed by atoms with van der Waals surface area (Å²) in [6.07, 6.45) is 0. The van der Waals surface area contributed by atoms with Crippen molar-refractivity contribution in [2.24, 2.45) is 0 Å². The summed E-state index contributed by atoms with van der Waals surface area (Å²) < 4.78 is 14.5. The van der Waals surface area contributed by atoms with Gasteiger partial charge in [0.25, 0.3) is 0 Å². The lowest BCUT2D eigenvalue weighted by Crippen LogP contribution is -2.21. The van der Waals surface area contributed by atoms with Crippen LogP contribution in [0.4, 0.5) is 10.8 Å². The molecule has 0 bridgehead atoms. The van der Waals surface area contributed by atoms with Crippen LogP contribution in [-0.4, -0.2) is 38.3 Å². The Kier molecular flexibility index (Phi) is 4.64. The summed E-state index contributed by atoms with van der Waals surface area (Å²) in [5.41, 5.74) is 5.71. The fourth-order valence-corrected chi connectivity index (χ4v) is 1.88. The van der Waals surface area contributed by atoms with Gasteiger partial charge >= 0.3 is 0 Å². The Morgan fingerprint density at radius 3 is 2.87 bits per heavy atom. The van der Waals surface area contributed by atoms with E-state index in [-0.39, 0.29) is 0 Å². The average Bonchev–Trinajstić information content (AvgIpc) is 2.58. The summed E-state index contributed by atoms with van der Waals surface area (Å²) in [5.74, 6) is 1.14. The van der Waals surface area contributed by atoms with Gasteiger partial charge in [-0.15, -0.1) is 0 Å². The van der Waals surface area contributed by atoms with Crippen LogP contribution in [0.5, 0.6) is 5.75 Å². The molecule has 0 fully saturated rings. The largest absolute Gasteiger partial charge is 0.487 e. The van der Waals surface area contributed by atoms with E-state index < -0.39 is 0 Å². The van der Waals surface area contributed by atoms with Crippen molar-refractivity contribution in [3.63, 3.8) is 0 Å². The molecule has 0 atom stereocenters. The number of ether oxygens (including phenoxy) is 2. The van der Waals surface area contributed by atoms with Crippen LogP contribution in [-0.2, 0) is 4.74 Å². The van der Waals surface area contributed by atoms with Crippen molar-refractivity contribution in [2.75, 3.05) is 44.5 Å². The molecular weight excluding hydrogens is 214 g/mol. The minimum atomic E-state index is 0.459. The fraction of sp³-hybridized carbons (Fsp3) is 0.667. The summed E-state index contributed by atoms with van der Waals surface area (Å²) in [6, 6.07) is 0. The van der Waals surface area contributed by atoms with Crippen LogP contribution in [0.15, 0.2) is 0 Å². The molecule has 1 aromatic heterocycles. The molecule has 6 heteroatoms. The number of methoxy groups -OCH3 is 1. The van der Waals surface area contributed by atoms with Crippen LogP contribution in [0, 0.1) is 0 Å². The zero-order valence-electron chi connectivity index (χ0n) is 9.32. The second-order valence-electron chi connectivity index (χ2n) is 3.05. The summed E-state index contributed by atoms with van der Waals surface area (Å²) in [5, 5.41) is 0.950. The minimum Gasteiger partial charge on any atom is -0.487 e. The van der Waals surface area contributed by atoms with Crippen molar-refractivity contribution >= 4 is 22.4 Å². The number of rotatable bonds is 6. The van der Waals surface area contributed by atoms with Crippen LogP contribution in [0.25, 0.3) is 0 Å². The lowest BCUT2D eigenvalue weighted by molar-refractivity contribution is 0.206. The van der Waals surface area contributed by atoms with E-state index in [1.807, 2.05) is 18.9 Å².